The normalized spacial score (nSPS) is 17.6. The van der Waals surface area contributed by atoms with Crippen molar-refractivity contribution in [2.45, 2.75) is 33.1 Å². The zero-order chi connectivity index (χ0) is 17.8. The number of benzene rings is 1. The van der Waals surface area contributed by atoms with E-state index in [9.17, 15) is 4.79 Å². The van der Waals surface area contributed by atoms with Gasteiger partial charge in [-0.25, -0.2) is 0 Å². The van der Waals surface area contributed by atoms with Crippen LogP contribution in [-0.2, 0) is 13.5 Å². The lowest BCUT2D eigenvalue weighted by Gasteiger charge is -2.32. The van der Waals surface area contributed by atoms with Crippen molar-refractivity contribution in [3.8, 4) is 5.75 Å². The van der Waals surface area contributed by atoms with Crippen molar-refractivity contribution in [2.24, 2.45) is 13.0 Å². The molecule has 0 N–H and O–H groups in total. The lowest BCUT2D eigenvalue weighted by molar-refractivity contribution is 0.0622. The number of hydrogen-bond acceptors (Lipinski definition) is 3. The predicted molar refractivity (Wildman–Crippen MR) is 97.9 cm³/mol. The molecule has 2 heterocycles. The van der Waals surface area contributed by atoms with E-state index in [-0.39, 0.29) is 5.91 Å². The van der Waals surface area contributed by atoms with Crippen LogP contribution in [-0.4, -0.2) is 40.3 Å². The molecule has 1 aliphatic heterocycles. The fraction of sp³-hybridized carbons (Fsp3) is 0.500. The topological polar surface area (TPSA) is 47.4 Å². The zero-order valence-corrected chi connectivity index (χ0v) is 15.4. The van der Waals surface area contributed by atoms with Gasteiger partial charge >= 0.3 is 0 Å². The molecule has 1 aromatic carbocycles. The number of likely N-dealkylation sites (tertiary alicyclic amines) is 1. The van der Waals surface area contributed by atoms with Crippen LogP contribution in [0.1, 0.15) is 41.5 Å². The molecule has 1 fully saturated rings. The van der Waals surface area contributed by atoms with Crippen LogP contribution in [0.15, 0.2) is 30.3 Å². The maximum Gasteiger partial charge on any atom is 0.272 e. The predicted octanol–water partition coefficient (Wildman–Crippen LogP) is 3.22. The minimum absolute atomic E-state index is 0.0790. The molecule has 1 amide bonds. The number of piperidine rings is 1. The lowest BCUT2D eigenvalue weighted by Crippen LogP contribution is -2.42. The number of carbonyl (C=O) groups excluding carboxylic acids is 1. The van der Waals surface area contributed by atoms with Crippen LogP contribution >= 0.6 is 0 Å². The monoisotopic (exact) mass is 341 g/mol. The second-order valence-corrected chi connectivity index (χ2v) is 6.83. The Bertz CT molecular complexity index is 738. The first-order valence-electron chi connectivity index (χ1n) is 9.09. The Morgan fingerprint density at radius 3 is 2.88 bits per heavy atom. The number of nitrogens with zero attached hydrogens (tertiary/aromatic N) is 3. The average Bonchev–Trinajstić information content (AvgIpc) is 3.01. The standard InChI is InChI=1S/C20H27N3O2/c1-4-17-12-18(22(3)21-17)20(24)23-11-7-9-16(13-23)14-25-19-10-6-5-8-15(19)2/h5-6,8,10,12,16H,4,7,9,11,13-14H2,1-3H3/t16-/m0/s1. The van der Waals surface area contributed by atoms with Gasteiger partial charge in [-0.3, -0.25) is 9.48 Å². The molecule has 1 aromatic heterocycles. The maximum atomic E-state index is 12.8. The molecule has 5 nitrogen and oxygen atoms in total. The third-order valence-electron chi connectivity index (χ3n) is 4.89. The second-order valence-electron chi connectivity index (χ2n) is 6.83. The van der Waals surface area contributed by atoms with Gasteiger partial charge in [0.2, 0.25) is 0 Å². The second kappa shape index (κ2) is 7.72. The molecular weight excluding hydrogens is 314 g/mol. The molecule has 2 aromatic rings. The number of rotatable bonds is 5. The van der Waals surface area contributed by atoms with Gasteiger partial charge in [-0.1, -0.05) is 25.1 Å². The van der Waals surface area contributed by atoms with Gasteiger partial charge in [-0.15, -0.1) is 0 Å². The molecule has 25 heavy (non-hydrogen) atoms. The molecule has 3 rings (SSSR count). The van der Waals surface area contributed by atoms with Crippen LogP contribution in [0.2, 0.25) is 0 Å². The lowest BCUT2D eigenvalue weighted by atomic mass is 9.98. The summed E-state index contributed by atoms with van der Waals surface area (Å²) in [6.07, 6.45) is 2.96. The van der Waals surface area contributed by atoms with Crippen molar-refractivity contribution >= 4 is 5.91 Å². The van der Waals surface area contributed by atoms with Crippen LogP contribution in [0.3, 0.4) is 0 Å². The molecule has 1 atom stereocenters. The van der Waals surface area contributed by atoms with Crippen molar-refractivity contribution in [1.29, 1.82) is 0 Å². The van der Waals surface area contributed by atoms with E-state index in [1.54, 1.807) is 4.68 Å². The largest absolute Gasteiger partial charge is 0.493 e. The smallest absolute Gasteiger partial charge is 0.272 e. The first-order valence-corrected chi connectivity index (χ1v) is 9.09. The Labute approximate surface area is 149 Å². The van der Waals surface area contributed by atoms with Gasteiger partial charge < -0.3 is 9.64 Å². The van der Waals surface area contributed by atoms with E-state index in [0.717, 1.165) is 49.4 Å². The van der Waals surface area contributed by atoms with Gasteiger partial charge in [-0.05, 0) is 43.9 Å². The van der Waals surface area contributed by atoms with Crippen molar-refractivity contribution in [3.05, 3.63) is 47.3 Å². The number of hydrogen-bond donors (Lipinski definition) is 0. The van der Waals surface area contributed by atoms with Gasteiger partial charge in [-0.2, -0.15) is 5.10 Å². The summed E-state index contributed by atoms with van der Waals surface area (Å²) in [4.78, 5) is 14.8. The minimum Gasteiger partial charge on any atom is -0.493 e. The highest BCUT2D eigenvalue weighted by molar-refractivity contribution is 5.92. The van der Waals surface area contributed by atoms with Gasteiger partial charge in [0.15, 0.2) is 0 Å². The summed E-state index contributed by atoms with van der Waals surface area (Å²) in [6, 6.07) is 9.98. The van der Waals surface area contributed by atoms with E-state index < -0.39 is 0 Å². The summed E-state index contributed by atoms with van der Waals surface area (Å²) in [5.41, 5.74) is 2.79. The van der Waals surface area contributed by atoms with E-state index in [2.05, 4.69) is 25.0 Å². The first-order chi connectivity index (χ1) is 12.1. The molecule has 0 unspecified atom stereocenters. The van der Waals surface area contributed by atoms with Gasteiger partial charge in [0.1, 0.15) is 11.4 Å². The van der Waals surface area contributed by atoms with Crippen molar-refractivity contribution in [1.82, 2.24) is 14.7 Å². The maximum absolute atomic E-state index is 12.8. The number of para-hydroxylation sites is 1. The molecular formula is C20H27N3O2. The minimum atomic E-state index is 0.0790. The van der Waals surface area contributed by atoms with Gasteiger partial charge in [0.05, 0.1) is 12.3 Å². The summed E-state index contributed by atoms with van der Waals surface area (Å²) in [7, 11) is 1.84. The summed E-state index contributed by atoms with van der Waals surface area (Å²) < 4.78 is 7.70. The van der Waals surface area contributed by atoms with Crippen molar-refractivity contribution in [2.75, 3.05) is 19.7 Å². The number of aryl methyl sites for hydroxylation is 3. The van der Waals surface area contributed by atoms with E-state index in [4.69, 9.17) is 4.74 Å². The molecule has 0 aliphatic carbocycles. The fourth-order valence-electron chi connectivity index (χ4n) is 3.37. The van der Waals surface area contributed by atoms with E-state index in [0.29, 0.717) is 18.2 Å². The Kier molecular flexibility index (Phi) is 5.41. The SMILES string of the molecule is CCc1cc(C(=O)N2CCC[C@H](COc3ccccc3C)C2)n(C)n1. The number of aromatic nitrogens is 2. The first kappa shape index (κ1) is 17.5. The van der Waals surface area contributed by atoms with Crippen LogP contribution in [0.25, 0.3) is 0 Å². The molecule has 1 aliphatic rings. The number of carbonyl (C=O) groups is 1. The van der Waals surface area contributed by atoms with Crippen LogP contribution in [0.5, 0.6) is 5.75 Å². The van der Waals surface area contributed by atoms with Gasteiger partial charge in [0.25, 0.3) is 5.91 Å². The van der Waals surface area contributed by atoms with Crippen molar-refractivity contribution in [3.63, 3.8) is 0 Å². The molecule has 5 heteroatoms. The highest BCUT2D eigenvalue weighted by atomic mass is 16.5. The molecule has 0 radical (unpaired) electrons. The Balaban J connectivity index is 1.61. The third-order valence-corrected chi connectivity index (χ3v) is 4.89. The van der Waals surface area contributed by atoms with E-state index in [1.165, 1.54) is 0 Å². The number of amides is 1. The van der Waals surface area contributed by atoms with Crippen LogP contribution in [0.4, 0.5) is 0 Å². The summed E-state index contributed by atoms with van der Waals surface area (Å²) in [6.45, 7) is 6.32. The van der Waals surface area contributed by atoms with E-state index in [1.807, 2.05) is 36.2 Å². The summed E-state index contributed by atoms with van der Waals surface area (Å²) >= 11 is 0. The fourth-order valence-corrected chi connectivity index (χ4v) is 3.37. The van der Waals surface area contributed by atoms with E-state index >= 15 is 0 Å². The highest BCUT2D eigenvalue weighted by Crippen LogP contribution is 2.22. The summed E-state index contributed by atoms with van der Waals surface area (Å²) in [5.74, 6) is 1.39. The Hall–Kier alpha value is -2.30. The van der Waals surface area contributed by atoms with Crippen molar-refractivity contribution < 1.29 is 9.53 Å². The molecule has 0 bridgehead atoms. The Morgan fingerprint density at radius 2 is 2.16 bits per heavy atom. The molecule has 0 saturated carbocycles. The molecule has 134 valence electrons. The zero-order valence-electron chi connectivity index (χ0n) is 15.4. The molecule has 0 spiro atoms. The number of ether oxygens (including phenoxy) is 1. The highest BCUT2D eigenvalue weighted by Gasteiger charge is 2.27. The Morgan fingerprint density at radius 1 is 1.36 bits per heavy atom. The average molecular weight is 341 g/mol. The molecule has 1 saturated heterocycles. The summed E-state index contributed by atoms with van der Waals surface area (Å²) in [5, 5.41) is 4.39. The third kappa shape index (κ3) is 4.03. The van der Waals surface area contributed by atoms with Crippen LogP contribution in [0, 0.1) is 12.8 Å². The van der Waals surface area contributed by atoms with Gasteiger partial charge in [0, 0.05) is 26.1 Å². The quantitative estimate of drug-likeness (QED) is 0.839. The van der Waals surface area contributed by atoms with Crippen LogP contribution < -0.4 is 4.74 Å².